The third-order valence-corrected chi connectivity index (χ3v) is 2.12. The topological polar surface area (TPSA) is 27.7 Å². The van der Waals surface area contributed by atoms with E-state index in [0.717, 1.165) is 11.5 Å². The van der Waals surface area contributed by atoms with Gasteiger partial charge in [0.1, 0.15) is 0 Å². The summed E-state index contributed by atoms with van der Waals surface area (Å²) in [4.78, 5) is 0. The molecular formula is C10H12O3. The summed E-state index contributed by atoms with van der Waals surface area (Å²) in [5.74, 6) is 0.571. The van der Waals surface area contributed by atoms with Gasteiger partial charge >= 0.3 is 5.97 Å². The van der Waals surface area contributed by atoms with E-state index in [9.17, 15) is 0 Å². The van der Waals surface area contributed by atoms with E-state index in [0.29, 0.717) is 6.42 Å². The van der Waals surface area contributed by atoms with Gasteiger partial charge in [-0.1, -0.05) is 19.1 Å². The lowest BCUT2D eigenvalue weighted by atomic mass is 10.3. The Morgan fingerprint density at radius 2 is 1.77 bits per heavy atom. The molecule has 1 aliphatic rings. The second-order valence-corrected chi connectivity index (χ2v) is 2.89. The van der Waals surface area contributed by atoms with Crippen molar-refractivity contribution in [2.45, 2.75) is 19.3 Å². The molecule has 0 amide bonds. The number of rotatable bonds is 2. The molecular weight excluding hydrogens is 168 g/mol. The molecule has 0 aromatic heterocycles. The molecule has 0 radical (unpaired) electrons. The van der Waals surface area contributed by atoms with Crippen molar-refractivity contribution in [3.8, 4) is 11.5 Å². The van der Waals surface area contributed by atoms with Gasteiger partial charge in [-0.15, -0.1) is 0 Å². The number of benzene rings is 1. The fourth-order valence-electron chi connectivity index (χ4n) is 1.35. The molecule has 1 aliphatic heterocycles. The first-order valence-corrected chi connectivity index (χ1v) is 4.32. The molecule has 0 saturated carbocycles. The van der Waals surface area contributed by atoms with Crippen LogP contribution in [0.1, 0.15) is 13.3 Å². The molecule has 0 aliphatic carbocycles. The first-order valence-electron chi connectivity index (χ1n) is 4.32. The van der Waals surface area contributed by atoms with Crippen LogP contribution in [0.25, 0.3) is 0 Å². The van der Waals surface area contributed by atoms with Gasteiger partial charge in [0, 0.05) is 7.11 Å². The van der Waals surface area contributed by atoms with Gasteiger partial charge < -0.3 is 14.2 Å². The number of para-hydroxylation sites is 2. The molecule has 70 valence electrons. The molecule has 0 bridgehead atoms. The molecule has 2 rings (SSSR count). The van der Waals surface area contributed by atoms with Gasteiger partial charge in [-0.05, 0) is 12.1 Å². The Labute approximate surface area is 77.2 Å². The van der Waals surface area contributed by atoms with Crippen LogP contribution in [0.4, 0.5) is 0 Å². The van der Waals surface area contributed by atoms with Crippen molar-refractivity contribution in [1.82, 2.24) is 0 Å². The number of methoxy groups -OCH3 is 1. The molecule has 0 N–H and O–H groups in total. The Bertz CT molecular complexity index is 278. The summed E-state index contributed by atoms with van der Waals surface area (Å²) in [5.41, 5.74) is 0. The number of hydrogen-bond donors (Lipinski definition) is 0. The Kier molecular flexibility index (Phi) is 1.88. The van der Waals surface area contributed by atoms with Crippen molar-refractivity contribution in [3.63, 3.8) is 0 Å². The van der Waals surface area contributed by atoms with Gasteiger partial charge in [0.15, 0.2) is 11.5 Å². The molecule has 1 aromatic carbocycles. The zero-order valence-electron chi connectivity index (χ0n) is 7.74. The average molecular weight is 180 g/mol. The maximum absolute atomic E-state index is 5.55. The van der Waals surface area contributed by atoms with Crippen LogP contribution >= 0.6 is 0 Å². The van der Waals surface area contributed by atoms with Crippen molar-refractivity contribution >= 4 is 0 Å². The van der Waals surface area contributed by atoms with E-state index in [1.165, 1.54) is 0 Å². The van der Waals surface area contributed by atoms with E-state index >= 15 is 0 Å². The molecule has 0 fully saturated rings. The molecule has 13 heavy (non-hydrogen) atoms. The van der Waals surface area contributed by atoms with Gasteiger partial charge in [0.2, 0.25) is 0 Å². The van der Waals surface area contributed by atoms with Crippen LogP contribution in [0.2, 0.25) is 0 Å². The van der Waals surface area contributed by atoms with Gasteiger partial charge in [-0.25, -0.2) is 0 Å². The van der Waals surface area contributed by atoms with E-state index in [2.05, 4.69) is 0 Å². The van der Waals surface area contributed by atoms with Gasteiger partial charge in [0.25, 0.3) is 0 Å². The molecule has 0 spiro atoms. The van der Waals surface area contributed by atoms with E-state index in [4.69, 9.17) is 14.2 Å². The Morgan fingerprint density at radius 1 is 1.23 bits per heavy atom. The lowest BCUT2D eigenvalue weighted by Crippen LogP contribution is -2.39. The third-order valence-electron chi connectivity index (χ3n) is 2.12. The highest BCUT2D eigenvalue weighted by atomic mass is 16.9. The zero-order valence-corrected chi connectivity index (χ0v) is 7.74. The van der Waals surface area contributed by atoms with Crippen molar-refractivity contribution in [3.05, 3.63) is 24.3 Å². The Morgan fingerprint density at radius 3 is 2.15 bits per heavy atom. The average Bonchev–Trinajstić information content (AvgIpc) is 2.57. The first kappa shape index (κ1) is 8.38. The van der Waals surface area contributed by atoms with Crippen LogP contribution in [0.5, 0.6) is 11.5 Å². The minimum atomic E-state index is -0.913. The van der Waals surface area contributed by atoms with Crippen LogP contribution in [-0.2, 0) is 4.74 Å². The summed E-state index contributed by atoms with van der Waals surface area (Å²) < 4.78 is 16.3. The lowest BCUT2D eigenvalue weighted by Gasteiger charge is -2.23. The number of fused-ring (bicyclic) bond motifs is 1. The summed E-state index contributed by atoms with van der Waals surface area (Å²) in [6, 6.07) is 7.55. The minimum absolute atomic E-state index is 0.651. The van der Waals surface area contributed by atoms with Crippen LogP contribution in [0.15, 0.2) is 24.3 Å². The molecule has 3 heteroatoms. The maximum atomic E-state index is 5.55. The summed E-state index contributed by atoms with van der Waals surface area (Å²) in [5, 5.41) is 0. The molecule has 0 atom stereocenters. The second-order valence-electron chi connectivity index (χ2n) is 2.89. The third kappa shape index (κ3) is 1.25. The summed E-state index contributed by atoms with van der Waals surface area (Å²) in [6.45, 7) is 1.95. The Hall–Kier alpha value is -1.22. The molecule has 1 aromatic rings. The van der Waals surface area contributed by atoms with E-state index in [-0.39, 0.29) is 0 Å². The van der Waals surface area contributed by atoms with Crippen molar-refractivity contribution in [2.75, 3.05) is 7.11 Å². The highest BCUT2D eigenvalue weighted by molar-refractivity contribution is 5.42. The quantitative estimate of drug-likeness (QED) is 0.698. The fourth-order valence-corrected chi connectivity index (χ4v) is 1.35. The summed E-state index contributed by atoms with van der Waals surface area (Å²) >= 11 is 0. The molecule has 0 saturated heterocycles. The summed E-state index contributed by atoms with van der Waals surface area (Å²) in [7, 11) is 1.58. The van der Waals surface area contributed by atoms with Gasteiger partial charge in [-0.3, -0.25) is 0 Å². The predicted octanol–water partition coefficient (Wildman–Crippen LogP) is 2.17. The second kappa shape index (κ2) is 2.92. The van der Waals surface area contributed by atoms with Gasteiger partial charge in [-0.2, -0.15) is 0 Å². The van der Waals surface area contributed by atoms with E-state index < -0.39 is 5.97 Å². The monoisotopic (exact) mass is 180 g/mol. The van der Waals surface area contributed by atoms with Crippen LogP contribution in [-0.4, -0.2) is 13.1 Å². The smallest absolute Gasteiger partial charge is 0.371 e. The highest BCUT2D eigenvalue weighted by Gasteiger charge is 2.40. The van der Waals surface area contributed by atoms with Crippen molar-refractivity contribution in [1.29, 1.82) is 0 Å². The van der Waals surface area contributed by atoms with E-state index in [1.54, 1.807) is 7.11 Å². The Balaban J connectivity index is 2.30. The predicted molar refractivity (Wildman–Crippen MR) is 47.7 cm³/mol. The first-order chi connectivity index (χ1) is 6.29. The van der Waals surface area contributed by atoms with Crippen molar-refractivity contribution < 1.29 is 14.2 Å². The SMILES string of the molecule is CCC1(OC)Oc2ccccc2O1. The largest absolute Gasteiger partial charge is 0.426 e. The summed E-state index contributed by atoms with van der Waals surface area (Å²) in [6.07, 6.45) is 0.651. The van der Waals surface area contributed by atoms with Crippen LogP contribution < -0.4 is 9.47 Å². The fraction of sp³-hybridized carbons (Fsp3) is 0.400. The number of ether oxygens (including phenoxy) is 3. The number of hydrogen-bond acceptors (Lipinski definition) is 3. The molecule has 0 unspecified atom stereocenters. The normalized spacial score (nSPS) is 17.4. The van der Waals surface area contributed by atoms with E-state index in [1.807, 2.05) is 31.2 Å². The standard InChI is InChI=1S/C10H12O3/c1-3-10(11-2)12-8-6-4-5-7-9(8)13-10/h4-7H,3H2,1-2H3. The highest BCUT2D eigenvalue weighted by Crippen LogP contribution is 2.40. The lowest BCUT2D eigenvalue weighted by molar-refractivity contribution is -0.269. The van der Waals surface area contributed by atoms with Crippen LogP contribution in [0.3, 0.4) is 0 Å². The maximum Gasteiger partial charge on any atom is 0.371 e. The van der Waals surface area contributed by atoms with Gasteiger partial charge in [0.05, 0.1) is 6.42 Å². The minimum Gasteiger partial charge on any atom is -0.426 e. The van der Waals surface area contributed by atoms with Crippen LogP contribution in [0, 0.1) is 0 Å². The molecule has 3 nitrogen and oxygen atoms in total. The van der Waals surface area contributed by atoms with Crippen molar-refractivity contribution in [2.24, 2.45) is 0 Å². The molecule has 1 heterocycles. The zero-order chi connectivity index (χ0) is 9.31.